The van der Waals surface area contributed by atoms with Crippen LogP contribution in [0.1, 0.15) is 36.5 Å². The monoisotopic (exact) mass is 337 g/mol. The molecule has 1 aliphatic rings. The molecule has 0 saturated heterocycles. The van der Waals surface area contributed by atoms with E-state index in [0.29, 0.717) is 25.4 Å². The maximum absolute atomic E-state index is 12.8. The number of hydrogen-bond acceptors (Lipinski definition) is 3. The van der Waals surface area contributed by atoms with Gasteiger partial charge < -0.3 is 9.64 Å². The molecular weight excluding hydrogens is 314 g/mol. The van der Waals surface area contributed by atoms with Gasteiger partial charge in [0.25, 0.3) is 5.91 Å². The summed E-state index contributed by atoms with van der Waals surface area (Å²) in [4.78, 5) is 14.6. The molecule has 2 heterocycles. The molecule has 0 atom stereocenters. The highest BCUT2D eigenvalue weighted by Crippen LogP contribution is 2.20. The second-order valence-corrected chi connectivity index (χ2v) is 5.83. The molecule has 2 aromatic rings. The van der Waals surface area contributed by atoms with Crippen LogP contribution >= 0.6 is 0 Å². The molecule has 25 heavy (non-hydrogen) atoms. The van der Waals surface area contributed by atoms with Crippen LogP contribution in [0.15, 0.2) is 60.3 Å². The number of ether oxygens (including phenoxy) is 1. The molecule has 1 amide bonds. The average Bonchev–Trinajstić information content (AvgIpc) is 3.07. The molecule has 0 spiro atoms. The molecule has 0 aliphatic carbocycles. The van der Waals surface area contributed by atoms with Crippen molar-refractivity contribution in [2.24, 2.45) is 0 Å². The Kier molecular flexibility index (Phi) is 5.33. The maximum Gasteiger partial charge on any atom is 0.276 e. The number of benzene rings is 1. The van der Waals surface area contributed by atoms with E-state index in [-0.39, 0.29) is 5.91 Å². The summed E-state index contributed by atoms with van der Waals surface area (Å²) in [5.41, 5.74) is 2.31. The number of carbonyl (C=O) groups excluding carboxylic acids is 1. The van der Waals surface area contributed by atoms with Gasteiger partial charge in [0.05, 0.1) is 6.54 Å². The lowest BCUT2D eigenvalue weighted by Gasteiger charge is -2.28. The minimum atomic E-state index is -0.0152. The third-order valence-electron chi connectivity index (χ3n) is 4.09. The molecule has 0 N–H and O–H groups in total. The van der Waals surface area contributed by atoms with Crippen LogP contribution in [0.4, 0.5) is 0 Å². The highest BCUT2D eigenvalue weighted by atomic mass is 16.5. The number of amides is 1. The van der Waals surface area contributed by atoms with Crippen LogP contribution in [-0.2, 0) is 13.2 Å². The molecule has 0 bridgehead atoms. The van der Waals surface area contributed by atoms with Gasteiger partial charge in [-0.25, -0.2) is 0 Å². The number of nitrogens with zero attached hydrogens (tertiary/aromatic N) is 3. The van der Waals surface area contributed by atoms with Crippen molar-refractivity contribution in [3.63, 3.8) is 0 Å². The number of allylic oxidation sites excluding steroid dienone is 3. The molecule has 0 saturated carbocycles. The Morgan fingerprint density at radius 3 is 2.80 bits per heavy atom. The Bertz CT molecular complexity index is 791. The van der Waals surface area contributed by atoms with Crippen molar-refractivity contribution in [1.82, 2.24) is 14.7 Å². The fraction of sp³-hybridized carbons (Fsp3) is 0.300. The largest absolute Gasteiger partial charge is 0.487 e. The quantitative estimate of drug-likeness (QED) is 0.754. The van der Waals surface area contributed by atoms with Crippen molar-refractivity contribution >= 4 is 5.91 Å². The first-order valence-corrected chi connectivity index (χ1v) is 8.62. The van der Waals surface area contributed by atoms with E-state index in [1.165, 1.54) is 0 Å². The number of fused-ring (bicyclic) bond motifs is 1. The molecular formula is C20H23N3O2. The minimum absolute atomic E-state index is 0.0152. The van der Waals surface area contributed by atoms with Gasteiger partial charge in [-0.05, 0) is 37.6 Å². The van der Waals surface area contributed by atoms with Crippen LogP contribution in [-0.4, -0.2) is 27.1 Å². The summed E-state index contributed by atoms with van der Waals surface area (Å²) in [7, 11) is 0. The summed E-state index contributed by atoms with van der Waals surface area (Å²) >= 11 is 0. The Hall–Kier alpha value is -2.82. The van der Waals surface area contributed by atoms with Crippen LogP contribution < -0.4 is 4.74 Å². The number of aromatic nitrogens is 2. The van der Waals surface area contributed by atoms with Gasteiger partial charge in [0, 0.05) is 12.2 Å². The van der Waals surface area contributed by atoms with Gasteiger partial charge in [-0.15, -0.1) is 0 Å². The van der Waals surface area contributed by atoms with Gasteiger partial charge in [0.2, 0.25) is 0 Å². The van der Waals surface area contributed by atoms with E-state index < -0.39 is 0 Å². The van der Waals surface area contributed by atoms with Gasteiger partial charge in [-0.2, -0.15) is 5.10 Å². The zero-order chi connectivity index (χ0) is 17.6. The van der Waals surface area contributed by atoms with E-state index >= 15 is 0 Å². The van der Waals surface area contributed by atoms with Gasteiger partial charge in [-0.1, -0.05) is 37.3 Å². The molecule has 130 valence electrons. The summed E-state index contributed by atoms with van der Waals surface area (Å²) in [5.74, 6) is 0.779. The standard InChI is InChI=1S/C20H23N3O2/c1-3-5-9-17(4-2)22-12-13-23-19(20(22)24)14-16(21-23)15-25-18-10-7-6-8-11-18/h4-11,14H,3,12-13,15H2,1-2H3/b9-5-,17-4+. The molecule has 5 nitrogen and oxygen atoms in total. The van der Waals surface area contributed by atoms with E-state index in [2.05, 4.69) is 18.1 Å². The zero-order valence-corrected chi connectivity index (χ0v) is 14.7. The third kappa shape index (κ3) is 3.82. The Morgan fingerprint density at radius 2 is 2.08 bits per heavy atom. The van der Waals surface area contributed by atoms with Crippen LogP contribution in [0.2, 0.25) is 0 Å². The van der Waals surface area contributed by atoms with Crippen molar-refractivity contribution in [2.75, 3.05) is 6.54 Å². The van der Waals surface area contributed by atoms with Crippen molar-refractivity contribution in [3.8, 4) is 5.75 Å². The minimum Gasteiger partial charge on any atom is -0.487 e. The first-order valence-electron chi connectivity index (χ1n) is 8.62. The second-order valence-electron chi connectivity index (χ2n) is 5.83. The van der Waals surface area contributed by atoms with Crippen LogP contribution in [0.5, 0.6) is 5.75 Å². The molecule has 5 heteroatoms. The van der Waals surface area contributed by atoms with Gasteiger partial charge in [0.1, 0.15) is 23.7 Å². The van der Waals surface area contributed by atoms with E-state index in [4.69, 9.17) is 4.74 Å². The van der Waals surface area contributed by atoms with Crippen LogP contribution in [0.3, 0.4) is 0 Å². The first kappa shape index (κ1) is 17.0. The van der Waals surface area contributed by atoms with Crippen LogP contribution in [0.25, 0.3) is 0 Å². The Labute approximate surface area is 148 Å². The lowest BCUT2D eigenvalue weighted by molar-refractivity contribution is 0.0760. The molecule has 1 aliphatic heterocycles. The van der Waals surface area contributed by atoms with Crippen molar-refractivity contribution in [2.45, 2.75) is 33.4 Å². The maximum atomic E-state index is 12.8. The summed E-state index contributed by atoms with van der Waals surface area (Å²) < 4.78 is 7.51. The number of rotatable bonds is 6. The van der Waals surface area contributed by atoms with E-state index in [0.717, 1.165) is 23.6 Å². The molecule has 0 fully saturated rings. The van der Waals surface area contributed by atoms with Gasteiger partial charge in [0.15, 0.2) is 0 Å². The fourth-order valence-electron chi connectivity index (χ4n) is 2.82. The molecule has 1 aromatic carbocycles. The lowest BCUT2D eigenvalue weighted by atomic mass is 10.2. The molecule has 0 unspecified atom stereocenters. The first-order chi connectivity index (χ1) is 12.2. The van der Waals surface area contributed by atoms with E-state index in [1.807, 2.05) is 60.4 Å². The fourth-order valence-corrected chi connectivity index (χ4v) is 2.82. The Balaban J connectivity index is 1.73. The lowest BCUT2D eigenvalue weighted by Crippen LogP contribution is -2.39. The van der Waals surface area contributed by atoms with Crippen LogP contribution in [0, 0.1) is 0 Å². The third-order valence-corrected chi connectivity index (χ3v) is 4.09. The van der Waals surface area contributed by atoms with Crippen molar-refractivity contribution in [1.29, 1.82) is 0 Å². The highest BCUT2D eigenvalue weighted by Gasteiger charge is 2.27. The topological polar surface area (TPSA) is 47.4 Å². The van der Waals surface area contributed by atoms with Gasteiger partial charge in [-0.3, -0.25) is 9.48 Å². The SMILES string of the molecule is C/C=C(\C=C/CC)N1CCn2nc(COc3ccccc3)cc2C1=O. The number of para-hydroxylation sites is 1. The van der Waals surface area contributed by atoms with E-state index in [9.17, 15) is 4.79 Å². The highest BCUT2D eigenvalue weighted by molar-refractivity contribution is 5.94. The molecule has 3 rings (SSSR count). The predicted octanol–water partition coefficient (Wildman–Crippen LogP) is 3.79. The van der Waals surface area contributed by atoms with Crippen molar-refractivity contribution < 1.29 is 9.53 Å². The average molecular weight is 337 g/mol. The summed E-state index contributed by atoms with van der Waals surface area (Å²) in [6.45, 7) is 5.69. The molecule has 0 radical (unpaired) electrons. The zero-order valence-electron chi connectivity index (χ0n) is 14.7. The summed E-state index contributed by atoms with van der Waals surface area (Å²) in [6, 6.07) is 11.4. The Morgan fingerprint density at radius 1 is 1.28 bits per heavy atom. The summed E-state index contributed by atoms with van der Waals surface area (Å²) in [6.07, 6.45) is 6.98. The molecule has 1 aromatic heterocycles. The van der Waals surface area contributed by atoms with Gasteiger partial charge >= 0.3 is 0 Å². The van der Waals surface area contributed by atoms with E-state index in [1.54, 1.807) is 4.68 Å². The number of hydrogen-bond donors (Lipinski definition) is 0. The number of carbonyl (C=O) groups is 1. The predicted molar refractivity (Wildman–Crippen MR) is 97.2 cm³/mol. The van der Waals surface area contributed by atoms with Crippen molar-refractivity contribution in [3.05, 3.63) is 71.7 Å². The summed E-state index contributed by atoms with van der Waals surface area (Å²) in [5, 5.41) is 4.50. The smallest absolute Gasteiger partial charge is 0.276 e. The normalized spacial score (nSPS) is 14.9. The second kappa shape index (κ2) is 7.83.